The molecular formula is C16H25N3O3S. The smallest absolute Gasteiger partial charge is 0.244 e. The third-order valence-electron chi connectivity index (χ3n) is 4.82. The zero-order chi connectivity index (χ0) is 16.4. The third-order valence-corrected chi connectivity index (χ3v) is 5.76. The summed E-state index contributed by atoms with van der Waals surface area (Å²) in [5, 5.41) is 2.83. The summed E-state index contributed by atoms with van der Waals surface area (Å²) in [4.78, 5) is 40.7. The number of carbonyl (C=O) groups is 3. The van der Waals surface area contributed by atoms with Crippen LogP contribution in [0, 0.1) is 5.92 Å². The van der Waals surface area contributed by atoms with Crippen LogP contribution in [0.5, 0.6) is 0 Å². The summed E-state index contributed by atoms with van der Waals surface area (Å²) >= 11 is 1.85. The van der Waals surface area contributed by atoms with Crippen molar-refractivity contribution in [3.63, 3.8) is 0 Å². The fraction of sp³-hybridized carbons (Fsp3) is 0.812. The van der Waals surface area contributed by atoms with Gasteiger partial charge in [-0.3, -0.25) is 14.4 Å². The Morgan fingerprint density at radius 2 is 1.78 bits per heavy atom. The van der Waals surface area contributed by atoms with E-state index >= 15 is 0 Å². The maximum atomic E-state index is 12.5. The van der Waals surface area contributed by atoms with Crippen LogP contribution < -0.4 is 5.32 Å². The van der Waals surface area contributed by atoms with Gasteiger partial charge in [-0.05, 0) is 32.6 Å². The van der Waals surface area contributed by atoms with Gasteiger partial charge in [-0.15, -0.1) is 0 Å². The van der Waals surface area contributed by atoms with Crippen LogP contribution in [0.4, 0.5) is 0 Å². The van der Waals surface area contributed by atoms with Crippen molar-refractivity contribution >= 4 is 29.5 Å². The minimum Gasteiger partial charge on any atom is -0.343 e. The number of rotatable bonds is 4. The fourth-order valence-electron chi connectivity index (χ4n) is 3.30. The van der Waals surface area contributed by atoms with Crippen molar-refractivity contribution in [2.24, 2.45) is 5.92 Å². The molecule has 128 valence electrons. The van der Waals surface area contributed by atoms with Crippen LogP contribution in [-0.2, 0) is 14.4 Å². The van der Waals surface area contributed by atoms with Crippen LogP contribution in [-0.4, -0.2) is 70.7 Å². The maximum Gasteiger partial charge on any atom is 0.244 e. The number of carbonyl (C=O) groups excluding carboxylic acids is 3. The minimum atomic E-state index is -0.524. The predicted molar refractivity (Wildman–Crippen MR) is 89.0 cm³/mol. The molecule has 1 saturated carbocycles. The quantitative estimate of drug-likeness (QED) is 0.808. The molecule has 3 fully saturated rings. The van der Waals surface area contributed by atoms with E-state index in [9.17, 15) is 14.4 Å². The normalized spacial score (nSPS) is 26.0. The predicted octanol–water partition coefficient (Wildman–Crippen LogP) is 0.468. The van der Waals surface area contributed by atoms with Crippen LogP contribution in [0.2, 0.25) is 0 Å². The standard InChI is InChI=1S/C16H25N3O3S/c1-11(15(21)18-7-9-23-10-8-18)17-14(20)13-3-2-6-19(13)16(22)12-4-5-12/h11-13H,2-10H2,1H3,(H,17,20)/t11-,13-/m0/s1. The highest BCUT2D eigenvalue weighted by Gasteiger charge is 2.41. The summed E-state index contributed by atoms with van der Waals surface area (Å²) in [5.41, 5.74) is 0. The summed E-state index contributed by atoms with van der Waals surface area (Å²) in [6, 6.07) is -0.917. The number of hydrogen-bond donors (Lipinski definition) is 1. The van der Waals surface area contributed by atoms with Crippen molar-refractivity contribution in [3.8, 4) is 0 Å². The molecule has 23 heavy (non-hydrogen) atoms. The first-order valence-corrected chi connectivity index (χ1v) is 9.71. The van der Waals surface area contributed by atoms with Gasteiger partial charge in [-0.25, -0.2) is 0 Å². The van der Waals surface area contributed by atoms with E-state index in [0.717, 1.165) is 43.9 Å². The molecule has 0 unspecified atom stereocenters. The Bertz CT molecular complexity index is 489. The number of amides is 3. The molecule has 2 atom stereocenters. The lowest BCUT2D eigenvalue weighted by Gasteiger charge is -2.30. The largest absolute Gasteiger partial charge is 0.343 e. The number of nitrogens with one attached hydrogen (secondary N) is 1. The zero-order valence-corrected chi connectivity index (χ0v) is 14.4. The Hall–Kier alpha value is -1.24. The van der Waals surface area contributed by atoms with Crippen LogP contribution in [0.3, 0.4) is 0 Å². The van der Waals surface area contributed by atoms with E-state index in [2.05, 4.69) is 5.32 Å². The Balaban J connectivity index is 1.54. The maximum absolute atomic E-state index is 12.5. The van der Waals surface area contributed by atoms with Crippen molar-refractivity contribution in [1.29, 1.82) is 0 Å². The summed E-state index contributed by atoms with van der Waals surface area (Å²) in [6.07, 6.45) is 3.46. The summed E-state index contributed by atoms with van der Waals surface area (Å²) < 4.78 is 0. The molecular weight excluding hydrogens is 314 g/mol. The van der Waals surface area contributed by atoms with Crippen molar-refractivity contribution in [2.45, 2.75) is 44.7 Å². The number of likely N-dealkylation sites (tertiary alicyclic amines) is 1. The van der Waals surface area contributed by atoms with Crippen LogP contribution in [0.15, 0.2) is 0 Å². The number of hydrogen-bond acceptors (Lipinski definition) is 4. The molecule has 1 aliphatic carbocycles. The van der Waals surface area contributed by atoms with Gasteiger partial charge >= 0.3 is 0 Å². The highest BCUT2D eigenvalue weighted by Crippen LogP contribution is 2.33. The zero-order valence-electron chi connectivity index (χ0n) is 13.6. The second kappa shape index (κ2) is 7.11. The van der Waals surface area contributed by atoms with Gasteiger partial charge in [0.2, 0.25) is 17.7 Å². The van der Waals surface area contributed by atoms with E-state index in [-0.39, 0.29) is 23.6 Å². The molecule has 3 aliphatic rings. The highest BCUT2D eigenvalue weighted by molar-refractivity contribution is 7.99. The van der Waals surface area contributed by atoms with E-state index in [1.54, 1.807) is 11.8 Å². The van der Waals surface area contributed by atoms with Gasteiger partial charge in [0.05, 0.1) is 0 Å². The molecule has 2 aliphatic heterocycles. The molecule has 3 amide bonds. The van der Waals surface area contributed by atoms with Crippen LogP contribution in [0.25, 0.3) is 0 Å². The van der Waals surface area contributed by atoms with Gasteiger partial charge in [0.1, 0.15) is 12.1 Å². The summed E-state index contributed by atoms with van der Waals surface area (Å²) in [7, 11) is 0. The molecule has 7 heteroatoms. The molecule has 0 radical (unpaired) electrons. The third kappa shape index (κ3) is 3.82. The molecule has 1 N–H and O–H groups in total. The lowest BCUT2D eigenvalue weighted by molar-refractivity contribution is -0.141. The van der Waals surface area contributed by atoms with E-state index in [1.807, 2.05) is 16.7 Å². The van der Waals surface area contributed by atoms with Crippen molar-refractivity contribution in [1.82, 2.24) is 15.1 Å². The monoisotopic (exact) mass is 339 g/mol. The fourth-order valence-corrected chi connectivity index (χ4v) is 4.20. The molecule has 3 rings (SSSR count). The van der Waals surface area contributed by atoms with Gasteiger partial charge < -0.3 is 15.1 Å². The Morgan fingerprint density at radius 1 is 1.09 bits per heavy atom. The molecule has 0 spiro atoms. The minimum absolute atomic E-state index is 0.0169. The second-order valence-corrected chi connectivity index (χ2v) is 7.86. The van der Waals surface area contributed by atoms with E-state index in [0.29, 0.717) is 13.0 Å². The van der Waals surface area contributed by atoms with Crippen molar-refractivity contribution in [3.05, 3.63) is 0 Å². The average Bonchev–Trinajstić information content (AvgIpc) is 3.30. The lowest BCUT2D eigenvalue weighted by atomic mass is 10.1. The first kappa shape index (κ1) is 16.6. The Kier molecular flexibility index (Phi) is 5.14. The average molecular weight is 339 g/mol. The van der Waals surface area contributed by atoms with Gasteiger partial charge in [-0.2, -0.15) is 11.8 Å². The molecule has 2 saturated heterocycles. The molecule has 0 aromatic rings. The number of nitrogens with zero attached hydrogens (tertiary/aromatic N) is 2. The Morgan fingerprint density at radius 3 is 2.43 bits per heavy atom. The topological polar surface area (TPSA) is 69.7 Å². The van der Waals surface area contributed by atoms with E-state index in [1.165, 1.54) is 0 Å². The van der Waals surface area contributed by atoms with Crippen molar-refractivity contribution in [2.75, 3.05) is 31.1 Å². The number of thioether (sulfide) groups is 1. The second-order valence-electron chi connectivity index (χ2n) is 6.63. The van der Waals surface area contributed by atoms with E-state index < -0.39 is 12.1 Å². The Labute approximate surface area is 141 Å². The molecule has 6 nitrogen and oxygen atoms in total. The van der Waals surface area contributed by atoms with Gasteiger partial charge in [-0.1, -0.05) is 0 Å². The summed E-state index contributed by atoms with van der Waals surface area (Å²) in [6.45, 7) is 3.90. The highest BCUT2D eigenvalue weighted by atomic mass is 32.2. The first-order chi connectivity index (χ1) is 11.1. The molecule has 2 heterocycles. The van der Waals surface area contributed by atoms with Gasteiger partial charge in [0.15, 0.2) is 0 Å². The van der Waals surface area contributed by atoms with Crippen molar-refractivity contribution < 1.29 is 14.4 Å². The van der Waals surface area contributed by atoms with E-state index in [4.69, 9.17) is 0 Å². The summed E-state index contributed by atoms with van der Waals surface area (Å²) in [5.74, 6) is 1.97. The molecule has 0 aromatic carbocycles. The first-order valence-electron chi connectivity index (χ1n) is 8.55. The molecule has 0 aromatic heterocycles. The van der Waals surface area contributed by atoms with Crippen LogP contribution >= 0.6 is 11.8 Å². The van der Waals surface area contributed by atoms with Gasteiger partial charge in [0.25, 0.3) is 0 Å². The SMILES string of the molecule is C[C@H](NC(=O)[C@@H]1CCCN1C(=O)C1CC1)C(=O)N1CCSCC1. The molecule has 0 bridgehead atoms. The lowest BCUT2D eigenvalue weighted by Crippen LogP contribution is -2.54. The van der Waals surface area contributed by atoms with Gasteiger partial charge in [0, 0.05) is 37.1 Å². The van der Waals surface area contributed by atoms with Crippen LogP contribution in [0.1, 0.15) is 32.6 Å².